The molecule has 0 aromatic heterocycles. The van der Waals surface area contributed by atoms with E-state index in [1.54, 1.807) is 6.92 Å². The quantitative estimate of drug-likeness (QED) is 0.788. The number of carbonyl (C=O) groups excluding carboxylic acids is 1. The third-order valence-electron chi connectivity index (χ3n) is 3.52. The average molecular weight is 344 g/mol. The summed E-state index contributed by atoms with van der Waals surface area (Å²) >= 11 is 0. The standard InChI is InChI=1S/C16H25FN2O3S/c1-5-7-12(3)18-16(20)15(6-2)19(23(4,21)22)14-10-8-13(17)9-11-14/h8-12,15H,5-7H2,1-4H3,(H,18,20)/t12-,15-/m1/s1. The monoisotopic (exact) mass is 344 g/mol. The smallest absolute Gasteiger partial charge is 0.244 e. The molecule has 0 radical (unpaired) electrons. The first kappa shape index (κ1) is 19.4. The van der Waals surface area contributed by atoms with E-state index < -0.39 is 21.9 Å². The highest BCUT2D eigenvalue weighted by Crippen LogP contribution is 2.23. The maximum Gasteiger partial charge on any atom is 0.244 e. The Hall–Kier alpha value is -1.63. The minimum Gasteiger partial charge on any atom is -0.352 e. The van der Waals surface area contributed by atoms with Crippen LogP contribution < -0.4 is 9.62 Å². The second-order valence-electron chi connectivity index (χ2n) is 5.66. The van der Waals surface area contributed by atoms with Crippen molar-refractivity contribution in [2.45, 2.75) is 52.1 Å². The molecule has 7 heteroatoms. The van der Waals surface area contributed by atoms with E-state index in [-0.39, 0.29) is 17.6 Å². The molecule has 0 unspecified atom stereocenters. The fraction of sp³-hybridized carbons (Fsp3) is 0.562. The molecule has 0 saturated heterocycles. The lowest BCUT2D eigenvalue weighted by Gasteiger charge is -2.31. The fourth-order valence-corrected chi connectivity index (χ4v) is 3.70. The topological polar surface area (TPSA) is 66.5 Å². The van der Waals surface area contributed by atoms with Crippen LogP contribution in [0.5, 0.6) is 0 Å². The van der Waals surface area contributed by atoms with Gasteiger partial charge in [-0.25, -0.2) is 12.8 Å². The van der Waals surface area contributed by atoms with Crippen molar-refractivity contribution in [1.29, 1.82) is 0 Å². The first-order valence-electron chi connectivity index (χ1n) is 7.76. The van der Waals surface area contributed by atoms with Crippen molar-refractivity contribution in [3.8, 4) is 0 Å². The third kappa shape index (κ3) is 5.49. The van der Waals surface area contributed by atoms with E-state index in [1.807, 2.05) is 13.8 Å². The van der Waals surface area contributed by atoms with E-state index in [0.29, 0.717) is 6.42 Å². The van der Waals surface area contributed by atoms with Gasteiger partial charge < -0.3 is 5.32 Å². The number of nitrogens with one attached hydrogen (secondary N) is 1. The molecule has 1 aromatic rings. The summed E-state index contributed by atoms with van der Waals surface area (Å²) in [6, 6.07) is 4.19. The number of nitrogens with zero attached hydrogens (tertiary/aromatic N) is 1. The molecule has 1 amide bonds. The molecule has 0 spiro atoms. The van der Waals surface area contributed by atoms with Crippen molar-refractivity contribution in [2.24, 2.45) is 0 Å². The molecule has 2 atom stereocenters. The Kier molecular flexibility index (Phi) is 7.00. The number of rotatable bonds is 8. The van der Waals surface area contributed by atoms with Crippen molar-refractivity contribution in [1.82, 2.24) is 5.32 Å². The van der Waals surface area contributed by atoms with Gasteiger partial charge in [-0.2, -0.15) is 0 Å². The number of hydrogen-bond donors (Lipinski definition) is 1. The molecule has 0 aliphatic heterocycles. The number of hydrogen-bond acceptors (Lipinski definition) is 3. The predicted octanol–water partition coefficient (Wildman–Crippen LogP) is 2.68. The molecule has 0 saturated carbocycles. The molecule has 0 aliphatic rings. The van der Waals surface area contributed by atoms with Crippen molar-refractivity contribution in [2.75, 3.05) is 10.6 Å². The van der Waals surface area contributed by atoms with Gasteiger partial charge in [0.15, 0.2) is 0 Å². The number of sulfonamides is 1. The second-order valence-corrected chi connectivity index (χ2v) is 7.52. The number of carbonyl (C=O) groups is 1. The Labute approximate surface area is 137 Å². The van der Waals surface area contributed by atoms with Crippen LogP contribution in [0.1, 0.15) is 40.0 Å². The number of halogens is 1. The molecule has 0 aliphatic carbocycles. The molecule has 130 valence electrons. The maximum absolute atomic E-state index is 13.1. The van der Waals surface area contributed by atoms with E-state index >= 15 is 0 Å². The lowest BCUT2D eigenvalue weighted by atomic mass is 10.1. The molecular weight excluding hydrogens is 319 g/mol. The SMILES string of the molecule is CCC[C@@H](C)NC(=O)[C@@H](CC)N(c1ccc(F)cc1)S(C)(=O)=O. The van der Waals surface area contributed by atoms with Crippen molar-refractivity contribution < 1.29 is 17.6 Å². The first-order chi connectivity index (χ1) is 10.7. The molecule has 0 fully saturated rings. The van der Waals surface area contributed by atoms with Gasteiger partial charge in [-0.05, 0) is 44.0 Å². The second kappa shape index (κ2) is 8.29. The summed E-state index contributed by atoms with van der Waals surface area (Å²) in [5, 5.41) is 2.85. The highest BCUT2D eigenvalue weighted by Gasteiger charge is 2.31. The molecule has 0 heterocycles. The summed E-state index contributed by atoms with van der Waals surface area (Å²) in [5.41, 5.74) is 0.277. The van der Waals surface area contributed by atoms with Crippen LogP contribution in [0.2, 0.25) is 0 Å². The van der Waals surface area contributed by atoms with Gasteiger partial charge in [-0.1, -0.05) is 20.3 Å². The van der Waals surface area contributed by atoms with E-state index in [2.05, 4.69) is 5.32 Å². The molecule has 1 aromatic carbocycles. The normalized spacial score (nSPS) is 14.1. The van der Waals surface area contributed by atoms with Gasteiger partial charge >= 0.3 is 0 Å². The largest absolute Gasteiger partial charge is 0.352 e. The van der Waals surface area contributed by atoms with Crippen LogP contribution in [0.3, 0.4) is 0 Å². The summed E-state index contributed by atoms with van der Waals surface area (Å²) in [7, 11) is -3.69. The highest BCUT2D eigenvalue weighted by molar-refractivity contribution is 7.92. The Morgan fingerprint density at radius 2 is 1.83 bits per heavy atom. The van der Waals surface area contributed by atoms with Crippen LogP contribution in [0.15, 0.2) is 24.3 Å². The van der Waals surface area contributed by atoms with Gasteiger partial charge in [-0.15, -0.1) is 0 Å². The zero-order chi connectivity index (χ0) is 17.6. The Morgan fingerprint density at radius 3 is 2.26 bits per heavy atom. The van der Waals surface area contributed by atoms with Gasteiger partial charge in [0, 0.05) is 6.04 Å². The number of benzene rings is 1. The lowest BCUT2D eigenvalue weighted by molar-refractivity contribution is -0.122. The predicted molar refractivity (Wildman–Crippen MR) is 90.3 cm³/mol. The summed E-state index contributed by atoms with van der Waals surface area (Å²) in [6.45, 7) is 5.65. The minimum absolute atomic E-state index is 0.0313. The van der Waals surface area contributed by atoms with Gasteiger partial charge in [0.1, 0.15) is 11.9 Å². The van der Waals surface area contributed by atoms with E-state index in [9.17, 15) is 17.6 Å². The van der Waals surface area contributed by atoms with Gasteiger partial charge in [0.05, 0.1) is 11.9 Å². The Bertz CT molecular complexity index is 617. The number of amides is 1. The molecule has 0 bridgehead atoms. The van der Waals surface area contributed by atoms with Crippen molar-refractivity contribution in [3.05, 3.63) is 30.1 Å². The molecule has 5 nitrogen and oxygen atoms in total. The molecule has 1 rings (SSSR count). The van der Waals surface area contributed by atoms with Crippen LogP contribution >= 0.6 is 0 Å². The van der Waals surface area contributed by atoms with Gasteiger partial charge in [0.25, 0.3) is 0 Å². The molecule has 1 N–H and O–H groups in total. The zero-order valence-corrected chi connectivity index (χ0v) is 14.9. The molecule has 23 heavy (non-hydrogen) atoms. The van der Waals surface area contributed by atoms with Crippen LogP contribution in [0.4, 0.5) is 10.1 Å². The maximum atomic E-state index is 13.1. The molecular formula is C16H25FN2O3S. The van der Waals surface area contributed by atoms with Crippen molar-refractivity contribution in [3.63, 3.8) is 0 Å². The fourth-order valence-electron chi connectivity index (χ4n) is 2.49. The summed E-state index contributed by atoms with van der Waals surface area (Å²) in [4.78, 5) is 12.5. The summed E-state index contributed by atoms with van der Waals surface area (Å²) < 4.78 is 38.5. The highest BCUT2D eigenvalue weighted by atomic mass is 32.2. The summed E-state index contributed by atoms with van der Waals surface area (Å²) in [5.74, 6) is -0.806. The lowest BCUT2D eigenvalue weighted by Crippen LogP contribution is -2.51. The average Bonchev–Trinajstić information content (AvgIpc) is 2.44. The van der Waals surface area contributed by atoms with Crippen LogP contribution in [-0.4, -0.2) is 32.7 Å². The van der Waals surface area contributed by atoms with Gasteiger partial charge in [-0.3, -0.25) is 9.10 Å². The van der Waals surface area contributed by atoms with E-state index in [4.69, 9.17) is 0 Å². The van der Waals surface area contributed by atoms with Crippen molar-refractivity contribution >= 4 is 21.6 Å². The number of anilines is 1. The van der Waals surface area contributed by atoms with Crippen LogP contribution in [0.25, 0.3) is 0 Å². The van der Waals surface area contributed by atoms with Gasteiger partial charge in [0.2, 0.25) is 15.9 Å². The Morgan fingerprint density at radius 1 is 1.26 bits per heavy atom. The summed E-state index contributed by atoms with van der Waals surface area (Å²) in [6.07, 6.45) is 3.10. The first-order valence-corrected chi connectivity index (χ1v) is 9.60. The zero-order valence-electron chi connectivity index (χ0n) is 14.0. The van der Waals surface area contributed by atoms with E-state index in [0.717, 1.165) is 23.4 Å². The van der Waals surface area contributed by atoms with E-state index in [1.165, 1.54) is 24.3 Å². The van der Waals surface area contributed by atoms with Crippen LogP contribution in [0, 0.1) is 5.82 Å². The Balaban J connectivity index is 3.13. The minimum atomic E-state index is -3.69. The third-order valence-corrected chi connectivity index (χ3v) is 4.70. The van der Waals surface area contributed by atoms with Crippen LogP contribution in [-0.2, 0) is 14.8 Å².